The Morgan fingerprint density at radius 2 is 1.96 bits per heavy atom. The molecule has 0 fully saturated rings. The lowest BCUT2D eigenvalue weighted by Crippen LogP contribution is -2.32. The molecule has 132 valence electrons. The quantitative estimate of drug-likeness (QED) is 0.761. The van der Waals surface area contributed by atoms with Crippen molar-refractivity contribution in [1.82, 2.24) is 4.90 Å². The first kappa shape index (κ1) is 17.6. The standard InChI is InChI=1S/C19H20FNO3S/c1-13(19(22)21(2)12-14-4-3-5-15(20)10-14)25-16-6-7-17-18(11-16)24-9-8-23-17/h3-7,10-11,13H,8-9,12H2,1-2H3/t13-/m1/s1. The highest BCUT2D eigenvalue weighted by Crippen LogP contribution is 2.35. The first-order valence-corrected chi connectivity index (χ1v) is 8.96. The van der Waals surface area contributed by atoms with E-state index in [0.29, 0.717) is 25.5 Å². The van der Waals surface area contributed by atoms with E-state index in [1.54, 1.807) is 18.0 Å². The van der Waals surface area contributed by atoms with Crippen LogP contribution in [0.1, 0.15) is 12.5 Å². The van der Waals surface area contributed by atoms with E-state index in [4.69, 9.17) is 9.47 Å². The molecule has 2 aromatic carbocycles. The molecule has 6 heteroatoms. The van der Waals surface area contributed by atoms with Gasteiger partial charge in [-0.3, -0.25) is 4.79 Å². The second kappa shape index (κ2) is 7.78. The van der Waals surface area contributed by atoms with Crippen molar-refractivity contribution in [3.8, 4) is 11.5 Å². The van der Waals surface area contributed by atoms with Gasteiger partial charge in [-0.1, -0.05) is 12.1 Å². The minimum Gasteiger partial charge on any atom is -0.486 e. The number of amides is 1. The van der Waals surface area contributed by atoms with E-state index >= 15 is 0 Å². The van der Waals surface area contributed by atoms with Crippen LogP contribution in [-0.2, 0) is 11.3 Å². The number of carbonyl (C=O) groups is 1. The van der Waals surface area contributed by atoms with Crippen molar-refractivity contribution in [2.45, 2.75) is 23.6 Å². The third-order valence-corrected chi connectivity index (χ3v) is 4.94. The fourth-order valence-electron chi connectivity index (χ4n) is 2.65. The summed E-state index contributed by atoms with van der Waals surface area (Å²) < 4.78 is 24.4. The molecule has 3 rings (SSSR count). The summed E-state index contributed by atoms with van der Waals surface area (Å²) in [6.45, 7) is 3.33. The number of thioether (sulfide) groups is 1. The average molecular weight is 361 g/mol. The van der Waals surface area contributed by atoms with Gasteiger partial charge in [-0.05, 0) is 42.8 Å². The van der Waals surface area contributed by atoms with E-state index < -0.39 is 0 Å². The number of halogens is 1. The number of ether oxygens (including phenoxy) is 2. The summed E-state index contributed by atoms with van der Waals surface area (Å²) in [6.07, 6.45) is 0. The Balaban J connectivity index is 1.62. The van der Waals surface area contributed by atoms with Gasteiger partial charge in [-0.2, -0.15) is 0 Å². The van der Waals surface area contributed by atoms with Gasteiger partial charge in [-0.15, -0.1) is 11.8 Å². The van der Waals surface area contributed by atoms with Crippen LogP contribution in [0, 0.1) is 5.82 Å². The lowest BCUT2D eigenvalue weighted by molar-refractivity contribution is -0.129. The molecule has 1 atom stereocenters. The van der Waals surface area contributed by atoms with Crippen molar-refractivity contribution < 1.29 is 18.7 Å². The van der Waals surface area contributed by atoms with Gasteiger partial charge in [0.2, 0.25) is 5.91 Å². The first-order valence-electron chi connectivity index (χ1n) is 8.08. The number of carbonyl (C=O) groups excluding carboxylic acids is 1. The Labute approximate surface area is 150 Å². The van der Waals surface area contributed by atoms with E-state index in [0.717, 1.165) is 16.2 Å². The van der Waals surface area contributed by atoms with Crippen LogP contribution < -0.4 is 9.47 Å². The maximum absolute atomic E-state index is 13.3. The predicted octanol–water partition coefficient (Wildman–Crippen LogP) is 3.74. The van der Waals surface area contributed by atoms with Crippen LogP contribution >= 0.6 is 11.8 Å². The van der Waals surface area contributed by atoms with Gasteiger partial charge in [0.15, 0.2) is 11.5 Å². The Hall–Kier alpha value is -2.21. The van der Waals surface area contributed by atoms with E-state index in [2.05, 4.69) is 0 Å². The van der Waals surface area contributed by atoms with Crippen LogP contribution in [0.4, 0.5) is 4.39 Å². The van der Waals surface area contributed by atoms with E-state index in [1.807, 2.05) is 31.2 Å². The minimum absolute atomic E-state index is 0.0100. The molecule has 2 aromatic rings. The summed E-state index contributed by atoms with van der Waals surface area (Å²) in [5.41, 5.74) is 0.771. The van der Waals surface area contributed by atoms with Gasteiger partial charge in [-0.25, -0.2) is 4.39 Å². The molecule has 0 aliphatic carbocycles. The molecule has 4 nitrogen and oxygen atoms in total. The molecule has 0 radical (unpaired) electrons. The predicted molar refractivity (Wildman–Crippen MR) is 95.6 cm³/mol. The highest BCUT2D eigenvalue weighted by atomic mass is 32.2. The summed E-state index contributed by atoms with van der Waals surface area (Å²) in [5, 5.41) is -0.263. The molecule has 0 spiro atoms. The Kier molecular flexibility index (Phi) is 5.48. The third-order valence-electron chi connectivity index (χ3n) is 3.86. The lowest BCUT2D eigenvalue weighted by atomic mass is 10.2. The molecular formula is C19H20FNO3S. The summed E-state index contributed by atoms with van der Waals surface area (Å²) in [5.74, 6) is 1.14. The number of benzene rings is 2. The topological polar surface area (TPSA) is 38.8 Å². The number of rotatable bonds is 5. The Bertz CT molecular complexity index is 768. The zero-order chi connectivity index (χ0) is 17.8. The monoisotopic (exact) mass is 361 g/mol. The first-order chi connectivity index (χ1) is 12.0. The zero-order valence-electron chi connectivity index (χ0n) is 14.2. The smallest absolute Gasteiger partial charge is 0.235 e. The second-order valence-electron chi connectivity index (χ2n) is 5.89. The average Bonchev–Trinajstić information content (AvgIpc) is 2.61. The van der Waals surface area contributed by atoms with Crippen molar-refractivity contribution in [3.63, 3.8) is 0 Å². The van der Waals surface area contributed by atoms with Gasteiger partial charge in [0.05, 0.1) is 5.25 Å². The van der Waals surface area contributed by atoms with Crippen LogP contribution in [0.2, 0.25) is 0 Å². The molecule has 0 saturated heterocycles. The fourth-order valence-corrected chi connectivity index (χ4v) is 3.66. The van der Waals surface area contributed by atoms with Crippen molar-refractivity contribution in [1.29, 1.82) is 0 Å². The largest absolute Gasteiger partial charge is 0.486 e. The fraction of sp³-hybridized carbons (Fsp3) is 0.316. The molecule has 1 amide bonds. The second-order valence-corrected chi connectivity index (χ2v) is 7.30. The molecule has 0 aromatic heterocycles. The van der Waals surface area contributed by atoms with Gasteiger partial charge in [0, 0.05) is 18.5 Å². The van der Waals surface area contributed by atoms with Crippen molar-refractivity contribution in [2.24, 2.45) is 0 Å². The van der Waals surface area contributed by atoms with E-state index in [9.17, 15) is 9.18 Å². The van der Waals surface area contributed by atoms with Crippen LogP contribution in [0.5, 0.6) is 11.5 Å². The molecular weight excluding hydrogens is 341 g/mol. The highest BCUT2D eigenvalue weighted by Gasteiger charge is 2.20. The van der Waals surface area contributed by atoms with Crippen LogP contribution in [0.25, 0.3) is 0 Å². The van der Waals surface area contributed by atoms with Crippen molar-refractivity contribution in [2.75, 3.05) is 20.3 Å². The normalized spacial score (nSPS) is 14.0. The number of hydrogen-bond acceptors (Lipinski definition) is 4. The Morgan fingerprint density at radius 3 is 2.72 bits per heavy atom. The van der Waals surface area contributed by atoms with Crippen molar-refractivity contribution >= 4 is 17.7 Å². The van der Waals surface area contributed by atoms with Crippen molar-refractivity contribution in [3.05, 3.63) is 53.8 Å². The number of hydrogen-bond donors (Lipinski definition) is 0. The number of nitrogens with zero attached hydrogens (tertiary/aromatic N) is 1. The van der Waals surface area contributed by atoms with Crippen LogP contribution in [-0.4, -0.2) is 36.3 Å². The zero-order valence-corrected chi connectivity index (χ0v) is 15.0. The molecule has 0 N–H and O–H groups in total. The summed E-state index contributed by atoms with van der Waals surface area (Å²) >= 11 is 1.47. The number of fused-ring (bicyclic) bond motifs is 1. The minimum atomic E-state index is -0.294. The maximum Gasteiger partial charge on any atom is 0.235 e. The molecule has 1 aliphatic rings. The maximum atomic E-state index is 13.3. The SMILES string of the molecule is C[C@@H](Sc1ccc2c(c1)OCCO2)C(=O)N(C)Cc1cccc(F)c1. The molecule has 0 bridgehead atoms. The van der Waals surface area contributed by atoms with E-state index in [-0.39, 0.29) is 17.0 Å². The van der Waals surface area contributed by atoms with Gasteiger partial charge in [0.1, 0.15) is 19.0 Å². The third kappa shape index (κ3) is 4.45. The van der Waals surface area contributed by atoms with Crippen LogP contribution in [0.15, 0.2) is 47.4 Å². The van der Waals surface area contributed by atoms with Gasteiger partial charge < -0.3 is 14.4 Å². The lowest BCUT2D eigenvalue weighted by Gasteiger charge is -2.22. The Morgan fingerprint density at radius 1 is 1.20 bits per heavy atom. The molecule has 1 aliphatic heterocycles. The molecule has 0 unspecified atom stereocenters. The summed E-state index contributed by atoms with van der Waals surface area (Å²) in [7, 11) is 1.73. The van der Waals surface area contributed by atoms with Crippen LogP contribution in [0.3, 0.4) is 0 Å². The van der Waals surface area contributed by atoms with E-state index in [1.165, 1.54) is 23.9 Å². The molecule has 0 saturated carbocycles. The summed E-state index contributed by atoms with van der Waals surface area (Å²) in [4.78, 5) is 15.1. The molecule has 25 heavy (non-hydrogen) atoms. The van der Waals surface area contributed by atoms with Gasteiger partial charge >= 0.3 is 0 Å². The molecule has 1 heterocycles. The highest BCUT2D eigenvalue weighted by molar-refractivity contribution is 8.00. The van der Waals surface area contributed by atoms with Gasteiger partial charge in [0.25, 0.3) is 0 Å². The summed E-state index contributed by atoms with van der Waals surface area (Å²) in [6, 6.07) is 12.0.